The predicted molar refractivity (Wildman–Crippen MR) is 87.8 cm³/mol. The summed E-state index contributed by atoms with van der Waals surface area (Å²) in [6.45, 7) is 0. The molecule has 4 nitrogen and oxygen atoms in total. The van der Waals surface area contributed by atoms with Crippen LogP contribution in [0.2, 0.25) is 0 Å². The van der Waals surface area contributed by atoms with Crippen LogP contribution in [0.5, 0.6) is 0 Å². The SMILES string of the molecule is O=c1/c(=C/c2ccccc2F)sc2nc(-c3ccccc3)nn12. The van der Waals surface area contributed by atoms with Gasteiger partial charge in [-0.25, -0.2) is 4.39 Å². The van der Waals surface area contributed by atoms with Crippen LogP contribution in [0, 0.1) is 5.82 Å². The average molecular weight is 323 g/mol. The molecule has 4 rings (SSSR count). The van der Waals surface area contributed by atoms with E-state index < -0.39 is 0 Å². The van der Waals surface area contributed by atoms with Crippen molar-refractivity contribution >= 4 is 22.4 Å². The van der Waals surface area contributed by atoms with E-state index in [1.807, 2.05) is 30.3 Å². The molecule has 23 heavy (non-hydrogen) atoms. The Balaban J connectivity index is 1.86. The van der Waals surface area contributed by atoms with E-state index in [1.165, 1.54) is 28.0 Å². The zero-order chi connectivity index (χ0) is 15.8. The van der Waals surface area contributed by atoms with Gasteiger partial charge in [0, 0.05) is 11.1 Å². The van der Waals surface area contributed by atoms with Gasteiger partial charge in [0.2, 0.25) is 4.96 Å². The van der Waals surface area contributed by atoms with Gasteiger partial charge in [-0.1, -0.05) is 59.9 Å². The molecule has 0 bridgehead atoms. The van der Waals surface area contributed by atoms with Gasteiger partial charge in [-0.2, -0.15) is 9.50 Å². The molecule has 0 N–H and O–H groups in total. The monoisotopic (exact) mass is 323 g/mol. The molecule has 4 aromatic rings. The predicted octanol–water partition coefficient (Wildman–Crippen LogP) is 2.50. The van der Waals surface area contributed by atoms with E-state index in [9.17, 15) is 9.18 Å². The molecule has 0 spiro atoms. The van der Waals surface area contributed by atoms with Crippen molar-refractivity contribution < 1.29 is 4.39 Å². The molecular weight excluding hydrogens is 313 g/mol. The molecular formula is C17H10FN3OS. The summed E-state index contributed by atoms with van der Waals surface area (Å²) in [4.78, 5) is 17.3. The fraction of sp³-hybridized carbons (Fsp3) is 0. The molecule has 0 aliphatic rings. The number of halogens is 1. The van der Waals surface area contributed by atoms with Crippen molar-refractivity contribution in [2.75, 3.05) is 0 Å². The second kappa shape index (κ2) is 5.40. The fourth-order valence-electron chi connectivity index (χ4n) is 2.28. The summed E-state index contributed by atoms with van der Waals surface area (Å²) in [7, 11) is 0. The number of thiazole rings is 1. The first-order chi connectivity index (χ1) is 11.2. The first kappa shape index (κ1) is 13.8. The molecule has 0 saturated heterocycles. The van der Waals surface area contributed by atoms with Crippen molar-refractivity contribution in [3.05, 3.63) is 80.9 Å². The fourth-order valence-corrected chi connectivity index (χ4v) is 3.18. The van der Waals surface area contributed by atoms with Crippen molar-refractivity contribution in [3.63, 3.8) is 0 Å². The van der Waals surface area contributed by atoms with Crippen LogP contribution >= 0.6 is 11.3 Å². The highest BCUT2D eigenvalue weighted by atomic mass is 32.1. The number of rotatable bonds is 2. The van der Waals surface area contributed by atoms with Gasteiger partial charge in [0.15, 0.2) is 5.82 Å². The molecule has 0 aliphatic carbocycles. The van der Waals surface area contributed by atoms with Crippen LogP contribution < -0.4 is 10.1 Å². The summed E-state index contributed by atoms with van der Waals surface area (Å²) in [5, 5.41) is 4.26. The number of benzene rings is 2. The Morgan fingerprint density at radius 3 is 2.52 bits per heavy atom. The van der Waals surface area contributed by atoms with Crippen molar-refractivity contribution in [2.24, 2.45) is 0 Å². The topological polar surface area (TPSA) is 47.3 Å². The summed E-state index contributed by atoms with van der Waals surface area (Å²) in [6.07, 6.45) is 1.53. The molecule has 0 atom stereocenters. The first-order valence-electron chi connectivity index (χ1n) is 6.93. The zero-order valence-corrected chi connectivity index (χ0v) is 12.6. The number of hydrogen-bond acceptors (Lipinski definition) is 4. The smallest absolute Gasteiger partial charge is 0.266 e. The van der Waals surface area contributed by atoms with E-state index in [1.54, 1.807) is 18.2 Å². The van der Waals surface area contributed by atoms with Crippen LogP contribution in [0.25, 0.3) is 22.4 Å². The number of hydrogen-bond donors (Lipinski definition) is 0. The summed E-state index contributed by atoms with van der Waals surface area (Å²) in [6, 6.07) is 15.8. The molecule has 0 amide bonds. The number of aromatic nitrogens is 3. The molecule has 0 unspecified atom stereocenters. The average Bonchev–Trinajstić information content (AvgIpc) is 3.11. The van der Waals surface area contributed by atoms with Gasteiger partial charge >= 0.3 is 0 Å². The lowest BCUT2D eigenvalue weighted by atomic mass is 10.2. The van der Waals surface area contributed by atoms with Crippen LogP contribution in [0.3, 0.4) is 0 Å². The van der Waals surface area contributed by atoms with Gasteiger partial charge in [0.05, 0.1) is 4.53 Å². The number of fused-ring (bicyclic) bond motifs is 1. The maximum absolute atomic E-state index is 13.7. The van der Waals surface area contributed by atoms with E-state index in [0.29, 0.717) is 20.9 Å². The van der Waals surface area contributed by atoms with Crippen molar-refractivity contribution in [3.8, 4) is 11.4 Å². The minimum atomic E-state index is -0.365. The maximum Gasteiger partial charge on any atom is 0.291 e. The quantitative estimate of drug-likeness (QED) is 0.569. The highest BCUT2D eigenvalue weighted by Crippen LogP contribution is 2.15. The molecule has 0 aliphatic heterocycles. The molecule has 2 aromatic carbocycles. The van der Waals surface area contributed by atoms with Crippen molar-refractivity contribution in [1.82, 2.24) is 14.6 Å². The molecule has 2 aromatic heterocycles. The Morgan fingerprint density at radius 2 is 1.78 bits per heavy atom. The highest BCUT2D eigenvalue weighted by molar-refractivity contribution is 7.15. The third-order valence-electron chi connectivity index (χ3n) is 3.41. The van der Waals surface area contributed by atoms with Crippen LogP contribution in [0.1, 0.15) is 5.56 Å². The second-order valence-electron chi connectivity index (χ2n) is 4.93. The third-order valence-corrected chi connectivity index (χ3v) is 4.36. The third kappa shape index (κ3) is 2.43. The van der Waals surface area contributed by atoms with Gasteiger partial charge < -0.3 is 0 Å². The highest BCUT2D eigenvalue weighted by Gasteiger charge is 2.11. The van der Waals surface area contributed by atoms with Crippen LogP contribution in [0.4, 0.5) is 4.39 Å². The zero-order valence-electron chi connectivity index (χ0n) is 11.8. The van der Waals surface area contributed by atoms with E-state index in [-0.39, 0.29) is 11.4 Å². The Hall–Kier alpha value is -2.86. The van der Waals surface area contributed by atoms with Crippen LogP contribution in [0.15, 0.2) is 59.4 Å². The first-order valence-corrected chi connectivity index (χ1v) is 7.75. The van der Waals surface area contributed by atoms with Crippen LogP contribution in [-0.4, -0.2) is 14.6 Å². The largest absolute Gasteiger partial charge is 0.291 e. The van der Waals surface area contributed by atoms with Gasteiger partial charge in [-0.05, 0) is 12.1 Å². The number of nitrogens with zero attached hydrogens (tertiary/aromatic N) is 3. The maximum atomic E-state index is 13.7. The molecule has 0 radical (unpaired) electrons. The summed E-state index contributed by atoms with van der Waals surface area (Å²) >= 11 is 1.20. The Labute approximate surface area is 134 Å². The lowest BCUT2D eigenvalue weighted by Crippen LogP contribution is -2.23. The Morgan fingerprint density at radius 1 is 1.04 bits per heavy atom. The van der Waals surface area contributed by atoms with Gasteiger partial charge in [0.1, 0.15) is 5.82 Å². The van der Waals surface area contributed by atoms with E-state index in [2.05, 4.69) is 10.1 Å². The summed E-state index contributed by atoms with van der Waals surface area (Å²) < 4.78 is 15.4. The lowest BCUT2D eigenvalue weighted by molar-refractivity contribution is 0.625. The van der Waals surface area contributed by atoms with Gasteiger partial charge in [-0.3, -0.25) is 4.79 Å². The minimum absolute atomic E-state index is 0.289. The van der Waals surface area contributed by atoms with E-state index in [0.717, 1.165) is 5.56 Å². The molecule has 0 saturated carbocycles. The Kier molecular flexibility index (Phi) is 3.24. The second-order valence-corrected chi connectivity index (χ2v) is 5.94. The van der Waals surface area contributed by atoms with Gasteiger partial charge in [-0.15, -0.1) is 5.10 Å². The molecule has 112 valence electrons. The Bertz CT molecular complexity index is 1100. The standard InChI is InChI=1S/C17H10FN3OS/c18-13-9-5-4-8-12(13)10-14-16(22)21-17(23-14)19-15(20-21)11-6-2-1-3-7-11/h1-10H/b14-10-. The van der Waals surface area contributed by atoms with Gasteiger partial charge in [0.25, 0.3) is 5.56 Å². The van der Waals surface area contributed by atoms with E-state index >= 15 is 0 Å². The molecule has 6 heteroatoms. The molecule has 0 fully saturated rings. The summed E-state index contributed by atoms with van der Waals surface area (Å²) in [5.74, 6) is 0.141. The lowest BCUT2D eigenvalue weighted by Gasteiger charge is -1.93. The van der Waals surface area contributed by atoms with E-state index in [4.69, 9.17) is 0 Å². The minimum Gasteiger partial charge on any atom is -0.266 e. The normalized spacial score (nSPS) is 12.1. The molecule has 2 heterocycles. The summed E-state index contributed by atoms with van der Waals surface area (Å²) in [5.41, 5.74) is 0.933. The van der Waals surface area contributed by atoms with Crippen molar-refractivity contribution in [1.29, 1.82) is 0 Å². The van der Waals surface area contributed by atoms with Crippen molar-refractivity contribution in [2.45, 2.75) is 0 Å². The van der Waals surface area contributed by atoms with Crippen LogP contribution in [-0.2, 0) is 0 Å².